The summed E-state index contributed by atoms with van der Waals surface area (Å²) in [6.07, 6.45) is 6.37. The number of hydrogen-bond donors (Lipinski definition) is 1. The van der Waals surface area contributed by atoms with Crippen LogP contribution in [0.3, 0.4) is 0 Å². The molecule has 1 saturated carbocycles. The van der Waals surface area contributed by atoms with Crippen LogP contribution in [0, 0.1) is 23.7 Å². The van der Waals surface area contributed by atoms with Crippen LogP contribution < -0.4 is 0 Å². The molecule has 2 bridgehead atoms. The minimum absolute atomic E-state index is 0.00620. The normalized spacial score (nSPS) is 33.4. The molecule has 1 aromatic rings. The van der Waals surface area contributed by atoms with E-state index in [9.17, 15) is 14.7 Å². The summed E-state index contributed by atoms with van der Waals surface area (Å²) in [7, 11) is 0. The van der Waals surface area contributed by atoms with Crippen LogP contribution in [-0.2, 0) is 14.3 Å². The van der Waals surface area contributed by atoms with Gasteiger partial charge in [0.1, 0.15) is 0 Å². The molecule has 1 aliphatic heterocycles. The van der Waals surface area contributed by atoms with Gasteiger partial charge in [-0.1, -0.05) is 42.5 Å². The summed E-state index contributed by atoms with van der Waals surface area (Å²) in [6, 6.07) is 9.97. The molecule has 4 rings (SSSR count). The zero-order valence-corrected chi connectivity index (χ0v) is 17.5. The Morgan fingerprint density at radius 3 is 2.41 bits per heavy atom. The van der Waals surface area contributed by atoms with E-state index in [4.69, 9.17) is 4.74 Å². The Hall–Kier alpha value is -2.14. The smallest absolute Gasteiger partial charge is 0.307 e. The van der Waals surface area contributed by atoms with Crippen LogP contribution in [0.2, 0.25) is 0 Å². The third-order valence-electron chi connectivity index (χ3n) is 7.05. The molecule has 1 N–H and O–H groups in total. The second-order valence-corrected chi connectivity index (χ2v) is 9.43. The molecule has 2 aliphatic carbocycles. The number of aliphatic carboxylic acids is 1. The maximum absolute atomic E-state index is 14.0. The van der Waals surface area contributed by atoms with Crippen LogP contribution in [0.5, 0.6) is 0 Å². The summed E-state index contributed by atoms with van der Waals surface area (Å²) in [4.78, 5) is 28.0. The molecule has 0 spiro atoms. The third-order valence-corrected chi connectivity index (χ3v) is 7.05. The Kier molecular flexibility index (Phi) is 5.28. The highest BCUT2D eigenvalue weighted by molar-refractivity contribution is 5.87. The van der Waals surface area contributed by atoms with E-state index in [1.165, 1.54) is 0 Å². The van der Waals surface area contributed by atoms with Crippen molar-refractivity contribution in [2.45, 2.75) is 57.7 Å². The van der Waals surface area contributed by atoms with E-state index in [-0.39, 0.29) is 35.4 Å². The van der Waals surface area contributed by atoms with Crippen molar-refractivity contribution in [3.63, 3.8) is 0 Å². The van der Waals surface area contributed by atoms with Crippen LogP contribution in [-0.4, -0.2) is 40.1 Å². The maximum atomic E-state index is 14.0. The SMILES string of the molecule is C[C@@H](c1ccccc1)N(C(=O)[C@H]1[C@@H](C(=O)O)[C@@H]2C=C[C@H]1C2)[C@@H]1CCOC(C)(C)C1. The van der Waals surface area contributed by atoms with E-state index < -0.39 is 17.8 Å². The van der Waals surface area contributed by atoms with Crippen LogP contribution in [0.15, 0.2) is 42.5 Å². The number of ether oxygens (including phenoxy) is 1. The molecule has 156 valence electrons. The Balaban J connectivity index is 1.69. The van der Waals surface area contributed by atoms with Gasteiger partial charge in [-0.3, -0.25) is 9.59 Å². The molecule has 0 unspecified atom stereocenters. The standard InChI is InChI=1S/C24H31NO4/c1-15(16-7-5-4-6-8-16)25(19-11-12-29-24(2,3)14-19)22(26)20-17-9-10-18(13-17)21(20)23(27)28/h4-10,15,17-21H,11-14H2,1-3H3,(H,27,28)/t15-,17-,18+,19+,20+,21-/m0/s1. The topological polar surface area (TPSA) is 66.8 Å². The lowest BCUT2D eigenvalue weighted by molar-refractivity contribution is -0.157. The second kappa shape index (κ2) is 7.60. The Bertz CT molecular complexity index is 802. The van der Waals surface area contributed by atoms with Crippen molar-refractivity contribution >= 4 is 11.9 Å². The molecule has 0 radical (unpaired) electrons. The molecular weight excluding hydrogens is 366 g/mol. The predicted molar refractivity (Wildman–Crippen MR) is 110 cm³/mol. The number of carboxylic acid groups (broad SMARTS) is 1. The number of carboxylic acids is 1. The molecule has 0 aromatic heterocycles. The van der Waals surface area contributed by atoms with E-state index in [0.717, 1.165) is 24.8 Å². The van der Waals surface area contributed by atoms with E-state index >= 15 is 0 Å². The van der Waals surface area contributed by atoms with Crippen molar-refractivity contribution in [1.82, 2.24) is 4.90 Å². The number of carbonyl (C=O) groups is 2. The van der Waals surface area contributed by atoms with Crippen LogP contribution in [0.1, 0.15) is 51.6 Å². The lowest BCUT2D eigenvalue weighted by Crippen LogP contribution is -2.53. The molecule has 1 saturated heterocycles. The third kappa shape index (κ3) is 3.73. The van der Waals surface area contributed by atoms with Gasteiger partial charge in [-0.25, -0.2) is 0 Å². The molecule has 1 heterocycles. The van der Waals surface area contributed by atoms with Crippen molar-refractivity contribution < 1.29 is 19.4 Å². The first-order valence-corrected chi connectivity index (χ1v) is 10.7. The van der Waals surface area contributed by atoms with Crippen molar-refractivity contribution in [3.05, 3.63) is 48.0 Å². The number of rotatable bonds is 5. The molecule has 1 aromatic carbocycles. The zero-order valence-electron chi connectivity index (χ0n) is 17.5. The van der Waals surface area contributed by atoms with Crippen LogP contribution in [0.25, 0.3) is 0 Å². The first-order chi connectivity index (χ1) is 13.8. The lowest BCUT2D eigenvalue weighted by Gasteiger charge is -2.45. The number of allylic oxidation sites excluding steroid dienone is 2. The van der Waals surface area contributed by atoms with Crippen molar-refractivity contribution in [2.24, 2.45) is 23.7 Å². The summed E-state index contributed by atoms with van der Waals surface area (Å²) in [5.74, 6) is -1.93. The summed E-state index contributed by atoms with van der Waals surface area (Å²) >= 11 is 0. The molecule has 5 nitrogen and oxygen atoms in total. The fourth-order valence-corrected chi connectivity index (χ4v) is 5.68. The molecule has 6 atom stereocenters. The van der Waals surface area contributed by atoms with Gasteiger partial charge in [0, 0.05) is 12.6 Å². The van der Waals surface area contributed by atoms with Gasteiger partial charge in [-0.2, -0.15) is 0 Å². The minimum Gasteiger partial charge on any atom is -0.481 e. The summed E-state index contributed by atoms with van der Waals surface area (Å²) in [6.45, 7) is 6.81. The zero-order chi connectivity index (χ0) is 20.8. The van der Waals surface area contributed by atoms with Gasteiger partial charge in [-0.15, -0.1) is 0 Å². The fraction of sp³-hybridized carbons (Fsp3) is 0.583. The largest absolute Gasteiger partial charge is 0.481 e. The van der Waals surface area contributed by atoms with Crippen molar-refractivity contribution in [1.29, 1.82) is 0 Å². The van der Waals surface area contributed by atoms with Gasteiger partial charge in [-0.05, 0) is 57.4 Å². The Morgan fingerprint density at radius 1 is 1.14 bits per heavy atom. The first kappa shape index (κ1) is 20.1. The molecule has 2 fully saturated rings. The Morgan fingerprint density at radius 2 is 1.79 bits per heavy atom. The average Bonchev–Trinajstić information content (AvgIpc) is 3.29. The summed E-state index contributed by atoms with van der Waals surface area (Å²) in [5, 5.41) is 9.86. The second-order valence-electron chi connectivity index (χ2n) is 9.43. The fourth-order valence-electron chi connectivity index (χ4n) is 5.68. The van der Waals surface area contributed by atoms with E-state index in [1.54, 1.807) is 0 Å². The summed E-state index contributed by atoms with van der Waals surface area (Å²) < 4.78 is 5.90. The Labute approximate surface area is 172 Å². The minimum atomic E-state index is -0.847. The van der Waals surface area contributed by atoms with E-state index in [0.29, 0.717) is 6.61 Å². The quantitative estimate of drug-likeness (QED) is 0.761. The van der Waals surface area contributed by atoms with Crippen LogP contribution in [0.4, 0.5) is 0 Å². The number of fused-ring (bicyclic) bond motifs is 2. The van der Waals surface area contributed by atoms with Gasteiger partial charge in [0.2, 0.25) is 5.91 Å². The van der Waals surface area contributed by atoms with E-state index in [1.807, 2.05) is 41.3 Å². The molecular formula is C24H31NO4. The molecule has 1 amide bonds. The molecule has 29 heavy (non-hydrogen) atoms. The van der Waals surface area contributed by atoms with Gasteiger partial charge in [0.15, 0.2) is 0 Å². The van der Waals surface area contributed by atoms with Crippen molar-refractivity contribution in [3.8, 4) is 0 Å². The highest BCUT2D eigenvalue weighted by atomic mass is 16.5. The number of benzene rings is 1. The average molecular weight is 398 g/mol. The highest BCUT2D eigenvalue weighted by Crippen LogP contribution is 2.50. The van der Waals surface area contributed by atoms with Gasteiger partial charge in [0.05, 0.1) is 23.5 Å². The predicted octanol–water partition coefficient (Wildman–Crippen LogP) is 4.06. The lowest BCUT2D eigenvalue weighted by atomic mass is 9.80. The number of nitrogens with zero attached hydrogens (tertiary/aromatic N) is 1. The number of amides is 1. The van der Waals surface area contributed by atoms with Crippen molar-refractivity contribution in [2.75, 3.05) is 6.61 Å². The number of hydrogen-bond acceptors (Lipinski definition) is 3. The monoisotopic (exact) mass is 397 g/mol. The maximum Gasteiger partial charge on any atom is 0.307 e. The van der Waals surface area contributed by atoms with Crippen LogP contribution >= 0.6 is 0 Å². The molecule has 3 aliphatic rings. The highest BCUT2D eigenvalue weighted by Gasteiger charge is 2.54. The molecule has 5 heteroatoms. The number of carbonyl (C=O) groups excluding carboxylic acids is 1. The van der Waals surface area contributed by atoms with Gasteiger partial charge >= 0.3 is 5.97 Å². The van der Waals surface area contributed by atoms with E-state index in [2.05, 4.69) is 26.8 Å². The summed E-state index contributed by atoms with van der Waals surface area (Å²) in [5.41, 5.74) is 0.786. The van der Waals surface area contributed by atoms with Gasteiger partial charge in [0.25, 0.3) is 0 Å². The first-order valence-electron chi connectivity index (χ1n) is 10.7. The van der Waals surface area contributed by atoms with Gasteiger partial charge < -0.3 is 14.7 Å².